The summed E-state index contributed by atoms with van der Waals surface area (Å²) < 4.78 is 7.33. The molecule has 0 saturated carbocycles. The van der Waals surface area contributed by atoms with Crippen LogP contribution in [0.25, 0.3) is 4.96 Å². The van der Waals surface area contributed by atoms with Crippen molar-refractivity contribution in [1.82, 2.24) is 24.9 Å². The number of ether oxygens (including phenoxy) is 1. The molecule has 2 aromatic heterocycles. The molecule has 1 fully saturated rings. The van der Waals surface area contributed by atoms with Crippen LogP contribution in [0.2, 0.25) is 0 Å². The topological polar surface area (TPSA) is 70.9 Å². The number of carbonyl (C=O) groups excluding carboxylic acids is 1. The molecular formula is C19H23N5O2S. The molecule has 1 saturated heterocycles. The summed E-state index contributed by atoms with van der Waals surface area (Å²) in [5.41, 5.74) is 3.22. The highest BCUT2D eigenvalue weighted by Crippen LogP contribution is 2.11. The molecule has 0 unspecified atom stereocenters. The average molecular weight is 385 g/mol. The van der Waals surface area contributed by atoms with E-state index >= 15 is 0 Å². The van der Waals surface area contributed by atoms with Gasteiger partial charge in [0.1, 0.15) is 0 Å². The molecule has 142 valence electrons. The third kappa shape index (κ3) is 4.85. The summed E-state index contributed by atoms with van der Waals surface area (Å²) in [5, 5.41) is 7.72. The number of carbonyl (C=O) groups is 1. The number of nitrogens with zero attached hydrogens (tertiary/aromatic N) is 3. The Morgan fingerprint density at radius 1 is 1.11 bits per heavy atom. The van der Waals surface area contributed by atoms with Crippen molar-refractivity contribution in [2.75, 3.05) is 26.3 Å². The number of hydrogen-bond donors (Lipinski definition) is 2. The molecule has 2 amide bonds. The van der Waals surface area contributed by atoms with Crippen molar-refractivity contribution in [3.05, 3.63) is 58.9 Å². The quantitative estimate of drug-likeness (QED) is 0.683. The van der Waals surface area contributed by atoms with Gasteiger partial charge in [0.15, 0.2) is 4.96 Å². The predicted molar refractivity (Wildman–Crippen MR) is 105 cm³/mol. The van der Waals surface area contributed by atoms with Crippen LogP contribution in [0.4, 0.5) is 4.79 Å². The summed E-state index contributed by atoms with van der Waals surface area (Å²) in [5.74, 6) is 0. The number of hydrogen-bond acceptors (Lipinski definition) is 5. The van der Waals surface area contributed by atoms with E-state index in [4.69, 9.17) is 4.74 Å². The molecule has 0 spiro atoms. The fourth-order valence-corrected chi connectivity index (χ4v) is 3.78. The maximum Gasteiger partial charge on any atom is 0.315 e. The van der Waals surface area contributed by atoms with E-state index in [1.54, 1.807) is 11.3 Å². The number of amides is 2. The lowest BCUT2D eigenvalue weighted by Crippen LogP contribution is -2.35. The zero-order valence-corrected chi connectivity index (χ0v) is 15.9. The smallest absolute Gasteiger partial charge is 0.315 e. The van der Waals surface area contributed by atoms with E-state index in [1.165, 1.54) is 5.56 Å². The molecule has 1 aliphatic rings. The number of nitrogens with one attached hydrogen (secondary N) is 2. The minimum Gasteiger partial charge on any atom is -0.379 e. The largest absolute Gasteiger partial charge is 0.379 e. The summed E-state index contributed by atoms with van der Waals surface area (Å²) in [7, 11) is 0. The van der Waals surface area contributed by atoms with Gasteiger partial charge in [-0.2, -0.15) is 0 Å². The lowest BCUT2D eigenvalue weighted by molar-refractivity contribution is 0.0342. The second-order valence-electron chi connectivity index (χ2n) is 6.57. The van der Waals surface area contributed by atoms with Crippen molar-refractivity contribution in [3.63, 3.8) is 0 Å². The summed E-state index contributed by atoms with van der Waals surface area (Å²) in [6.07, 6.45) is 3.89. The molecule has 1 aliphatic heterocycles. The highest BCUT2D eigenvalue weighted by Gasteiger charge is 2.10. The van der Waals surface area contributed by atoms with Gasteiger partial charge < -0.3 is 15.4 Å². The van der Waals surface area contributed by atoms with Crippen LogP contribution in [0, 0.1) is 0 Å². The third-order valence-electron chi connectivity index (χ3n) is 4.56. The molecule has 27 heavy (non-hydrogen) atoms. The van der Waals surface area contributed by atoms with Crippen LogP contribution in [-0.4, -0.2) is 46.6 Å². The zero-order valence-electron chi connectivity index (χ0n) is 15.1. The second kappa shape index (κ2) is 8.51. The van der Waals surface area contributed by atoms with Crippen LogP contribution in [-0.2, 0) is 24.4 Å². The molecule has 2 N–H and O–H groups in total. The minimum absolute atomic E-state index is 0.191. The fraction of sp³-hybridized carbons (Fsp3) is 0.368. The Hall–Kier alpha value is -2.42. The van der Waals surface area contributed by atoms with Gasteiger partial charge in [0.25, 0.3) is 0 Å². The Bertz CT molecular complexity index is 855. The van der Waals surface area contributed by atoms with Gasteiger partial charge in [-0.05, 0) is 11.1 Å². The number of fused-ring (bicyclic) bond motifs is 1. The number of imidazole rings is 1. The van der Waals surface area contributed by atoms with Crippen molar-refractivity contribution in [3.8, 4) is 0 Å². The van der Waals surface area contributed by atoms with Crippen molar-refractivity contribution >= 4 is 22.3 Å². The molecule has 3 aromatic rings. The van der Waals surface area contributed by atoms with E-state index in [9.17, 15) is 4.79 Å². The first kappa shape index (κ1) is 18.0. The van der Waals surface area contributed by atoms with E-state index in [0.717, 1.165) is 49.1 Å². The summed E-state index contributed by atoms with van der Waals surface area (Å²) in [4.78, 5) is 19.8. The van der Waals surface area contributed by atoms with Gasteiger partial charge in [0, 0.05) is 44.0 Å². The molecule has 7 nitrogen and oxygen atoms in total. The average Bonchev–Trinajstić information content (AvgIpc) is 3.28. The van der Waals surface area contributed by atoms with Gasteiger partial charge >= 0.3 is 6.03 Å². The van der Waals surface area contributed by atoms with Gasteiger partial charge in [-0.1, -0.05) is 24.3 Å². The van der Waals surface area contributed by atoms with Gasteiger partial charge in [-0.3, -0.25) is 9.30 Å². The number of morpholine rings is 1. The summed E-state index contributed by atoms with van der Waals surface area (Å²) in [6.45, 7) is 5.46. The standard InChI is InChI=1S/C19H23N5O2S/c25-18(21-12-17-14-24-7-10-27-19(24)22-17)20-11-15-1-3-16(4-2-15)13-23-5-8-26-9-6-23/h1-4,7,10,14H,5-6,8-9,11-13H2,(H2,20,21,25). The van der Waals surface area contributed by atoms with Crippen LogP contribution in [0.15, 0.2) is 42.0 Å². The van der Waals surface area contributed by atoms with E-state index < -0.39 is 0 Å². The molecule has 3 heterocycles. The molecular weight excluding hydrogens is 362 g/mol. The molecule has 0 bridgehead atoms. The van der Waals surface area contributed by atoms with Crippen LogP contribution in [0.3, 0.4) is 0 Å². The van der Waals surface area contributed by atoms with Crippen molar-refractivity contribution in [1.29, 1.82) is 0 Å². The van der Waals surface area contributed by atoms with Crippen LogP contribution in [0.5, 0.6) is 0 Å². The first-order valence-electron chi connectivity index (χ1n) is 9.07. The van der Waals surface area contributed by atoms with Gasteiger partial charge in [-0.15, -0.1) is 11.3 Å². The molecule has 0 aliphatic carbocycles. The predicted octanol–water partition coefficient (Wildman–Crippen LogP) is 2.23. The molecule has 4 rings (SSSR count). The highest BCUT2D eigenvalue weighted by molar-refractivity contribution is 7.15. The van der Waals surface area contributed by atoms with Crippen LogP contribution < -0.4 is 10.6 Å². The molecule has 0 atom stereocenters. The van der Waals surface area contributed by atoms with E-state index in [2.05, 4.69) is 44.8 Å². The van der Waals surface area contributed by atoms with Crippen molar-refractivity contribution < 1.29 is 9.53 Å². The normalized spacial score (nSPS) is 15.1. The number of benzene rings is 1. The SMILES string of the molecule is O=C(NCc1ccc(CN2CCOCC2)cc1)NCc1cn2ccsc2n1. The minimum atomic E-state index is -0.191. The van der Waals surface area contributed by atoms with Crippen molar-refractivity contribution in [2.24, 2.45) is 0 Å². The second-order valence-corrected chi connectivity index (χ2v) is 7.44. The Labute approximate surface area is 162 Å². The lowest BCUT2D eigenvalue weighted by Gasteiger charge is -2.26. The summed E-state index contributed by atoms with van der Waals surface area (Å²) in [6, 6.07) is 8.20. The van der Waals surface area contributed by atoms with E-state index in [1.807, 2.05) is 22.2 Å². The first-order chi connectivity index (χ1) is 13.3. The van der Waals surface area contributed by atoms with Crippen LogP contribution in [0.1, 0.15) is 16.8 Å². The maximum atomic E-state index is 12.0. The highest BCUT2D eigenvalue weighted by atomic mass is 32.1. The Morgan fingerprint density at radius 3 is 2.63 bits per heavy atom. The number of urea groups is 1. The van der Waals surface area contributed by atoms with Crippen molar-refractivity contribution in [2.45, 2.75) is 19.6 Å². The molecule has 8 heteroatoms. The fourth-order valence-electron chi connectivity index (χ4n) is 3.06. The number of aromatic nitrogens is 2. The number of thiazole rings is 1. The monoisotopic (exact) mass is 385 g/mol. The Morgan fingerprint density at radius 2 is 1.85 bits per heavy atom. The van der Waals surface area contributed by atoms with Gasteiger partial charge in [0.2, 0.25) is 0 Å². The Balaban J connectivity index is 1.20. The van der Waals surface area contributed by atoms with E-state index in [-0.39, 0.29) is 6.03 Å². The Kier molecular flexibility index (Phi) is 5.66. The maximum absolute atomic E-state index is 12.0. The lowest BCUT2D eigenvalue weighted by atomic mass is 10.1. The first-order valence-corrected chi connectivity index (χ1v) is 9.95. The van der Waals surface area contributed by atoms with Gasteiger partial charge in [0.05, 0.1) is 25.5 Å². The zero-order chi connectivity index (χ0) is 18.5. The molecule has 0 radical (unpaired) electrons. The molecule has 1 aromatic carbocycles. The third-order valence-corrected chi connectivity index (χ3v) is 5.33. The van der Waals surface area contributed by atoms with Gasteiger partial charge in [-0.25, -0.2) is 9.78 Å². The summed E-state index contributed by atoms with van der Waals surface area (Å²) >= 11 is 1.58. The number of rotatable bonds is 6. The van der Waals surface area contributed by atoms with Crippen LogP contribution >= 0.6 is 11.3 Å². The van der Waals surface area contributed by atoms with E-state index in [0.29, 0.717) is 13.1 Å².